The van der Waals surface area contributed by atoms with Gasteiger partial charge in [-0.3, -0.25) is 9.79 Å². The number of Topliss-reactive ketones (excluding diaryl/α,β-unsaturated/α-hetero) is 1. The molecule has 0 saturated heterocycles. The average Bonchev–Trinajstić information content (AvgIpc) is 2.32. The number of allylic oxidation sites excluding steroid dienone is 1. The molecule has 0 fully saturated rings. The van der Waals surface area contributed by atoms with Gasteiger partial charge in [0.2, 0.25) is 0 Å². The zero-order valence-electron chi connectivity index (χ0n) is 10.8. The van der Waals surface area contributed by atoms with E-state index in [2.05, 4.69) is 4.99 Å². The Morgan fingerprint density at radius 2 is 2.06 bits per heavy atom. The third-order valence-electron chi connectivity index (χ3n) is 2.58. The van der Waals surface area contributed by atoms with Gasteiger partial charge in [-0.15, -0.1) is 0 Å². The van der Waals surface area contributed by atoms with Gasteiger partial charge < -0.3 is 10.2 Å². The molecule has 2 N–H and O–H groups in total. The fourth-order valence-electron chi connectivity index (χ4n) is 1.59. The van der Waals surface area contributed by atoms with Crippen LogP contribution in [0.4, 0.5) is 0 Å². The summed E-state index contributed by atoms with van der Waals surface area (Å²) in [6.45, 7) is 4.69. The molecule has 0 heterocycles. The molecule has 0 aliphatic rings. The van der Waals surface area contributed by atoms with Crippen molar-refractivity contribution in [3.63, 3.8) is 0 Å². The van der Waals surface area contributed by atoms with E-state index in [1.54, 1.807) is 6.07 Å². The maximum Gasteiger partial charge on any atom is 0.165 e. The Hall–Kier alpha value is -1.94. The van der Waals surface area contributed by atoms with Gasteiger partial charge in [0, 0.05) is 11.8 Å². The first-order valence-electron chi connectivity index (χ1n) is 5.60. The Morgan fingerprint density at radius 3 is 2.61 bits per heavy atom. The molecule has 1 rings (SSSR count). The lowest BCUT2D eigenvalue weighted by Crippen LogP contribution is -2.04. The SMILES string of the molecule is CC(=O)C(/C=N/CO)=C(\O)c1cc(C)ccc1C. The number of nitrogens with zero attached hydrogens (tertiary/aromatic N) is 1. The van der Waals surface area contributed by atoms with Gasteiger partial charge in [-0.25, -0.2) is 0 Å². The number of carbonyl (C=O) groups is 1. The van der Waals surface area contributed by atoms with E-state index in [1.165, 1.54) is 13.1 Å². The molecule has 0 aliphatic carbocycles. The Labute approximate surface area is 106 Å². The topological polar surface area (TPSA) is 69.9 Å². The van der Waals surface area contributed by atoms with Crippen molar-refractivity contribution in [3.05, 3.63) is 40.5 Å². The quantitative estimate of drug-likeness (QED) is 0.486. The number of rotatable bonds is 4. The minimum atomic E-state index is -0.420. The number of carbonyl (C=O) groups excluding carboxylic acids is 1. The summed E-state index contributed by atoms with van der Waals surface area (Å²) in [5, 5.41) is 18.8. The van der Waals surface area contributed by atoms with Crippen LogP contribution in [0.15, 0.2) is 28.8 Å². The van der Waals surface area contributed by atoms with E-state index >= 15 is 0 Å². The molecule has 96 valence electrons. The fourth-order valence-corrected chi connectivity index (χ4v) is 1.59. The van der Waals surface area contributed by atoms with Crippen molar-refractivity contribution < 1.29 is 15.0 Å². The van der Waals surface area contributed by atoms with Crippen LogP contribution in [0.25, 0.3) is 5.76 Å². The largest absolute Gasteiger partial charge is 0.506 e. The highest BCUT2D eigenvalue weighted by Gasteiger charge is 2.13. The zero-order valence-corrected chi connectivity index (χ0v) is 10.8. The van der Waals surface area contributed by atoms with E-state index in [4.69, 9.17) is 5.11 Å². The van der Waals surface area contributed by atoms with Gasteiger partial charge in [-0.2, -0.15) is 0 Å². The minimum Gasteiger partial charge on any atom is -0.506 e. The maximum atomic E-state index is 11.5. The molecule has 0 bridgehead atoms. The number of hydrogen-bond donors (Lipinski definition) is 2. The first-order valence-corrected chi connectivity index (χ1v) is 5.60. The fraction of sp³-hybridized carbons (Fsp3) is 0.286. The summed E-state index contributed by atoms with van der Waals surface area (Å²) in [5.41, 5.74) is 2.56. The summed E-state index contributed by atoms with van der Waals surface area (Å²) in [5.74, 6) is -0.411. The van der Waals surface area contributed by atoms with Crippen molar-refractivity contribution in [1.82, 2.24) is 0 Å². The standard InChI is InChI=1S/C14H17NO3/c1-9-4-5-10(2)12(6-9)14(18)13(11(3)17)7-15-8-16/h4-7,16,18H,8H2,1-3H3/b14-13-,15-7+. The Kier molecular flexibility index (Phi) is 4.80. The van der Waals surface area contributed by atoms with Crippen LogP contribution in [0.1, 0.15) is 23.6 Å². The molecule has 0 spiro atoms. The second-order valence-corrected chi connectivity index (χ2v) is 4.09. The Balaban J connectivity index is 3.38. The lowest BCUT2D eigenvalue weighted by atomic mass is 10.00. The molecule has 0 saturated carbocycles. The lowest BCUT2D eigenvalue weighted by Gasteiger charge is -2.08. The van der Waals surface area contributed by atoms with E-state index in [0.717, 1.165) is 11.1 Å². The van der Waals surface area contributed by atoms with Crippen molar-refractivity contribution in [2.24, 2.45) is 4.99 Å². The maximum absolute atomic E-state index is 11.5. The number of aliphatic hydroxyl groups excluding tert-OH is 2. The smallest absolute Gasteiger partial charge is 0.165 e. The molecule has 0 aromatic heterocycles. The van der Waals surface area contributed by atoms with Gasteiger partial charge in [0.25, 0.3) is 0 Å². The van der Waals surface area contributed by atoms with Crippen molar-refractivity contribution in [2.45, 2.75) is 20.8 Å². The molecule has 4 heteroatoms. The minimum absolute atomic E-state index is 0.0951. The number of aliphatic imine (C=N–C) groups is 1. The third-order valence-corrected chi connectivity index (χ3v) is 2.58. The molecular formula is C14H17NO3. The zero-order chi connectivity index (χ0) is 13.7. The molecule has 0 atom stereocenters. The van der Waals surface area contributed by atoms with Crippen LogP contribution in [0.3, 0.4) is 0 Å². The molecule has 0 unspecified atom stereocenters. The summed E-state index contributed by atoms with van der Waals surface area (Å²) >= 11 is 0. The van der Waals surface area contributed by atoms with E-state index in [1.807, 2.05) is 26.0 Å². The molecule has 1 aromatic rings. The summed E-state index contributed by atoms with van der Waals surface area (Å²) in [4.78, 5) is 15.1. The van der Waals surface area contributed by atoms with Gasteiger partial charge in [-0.05, 0) is 32.4 Å². The molecule has 0 amide bonds. The monoisotopic (exact) mass is 247 g/mol. The molecule has 0 aliphatic heterocycles. The summed E-state index contributed by atoms with van der Waals surface area (Å²) in [6.07, 6.45) is 1.19. The second kappa shape index (κ2) is 6.12. The van der Waals surface area contributed by atoms with Crippen LogP contribution in [0.5, 0.6) is 0 Å². The highest BCUT2D eigenvalue weighted by Crippen LogP contribution is 2.21. The van der Waals surface area contributed by atoms with E-state index in [9.17, 15) is 9.90 Å². The number of aliphatic hydroxyl groups is 2. The molecular weight excluding hydrogens is 230 g/mol. The summed E-state index contributed by atoms with van der Waals surface area (Å²) < 4.78 is 0. The van der Waals surface area contributed by atoms with Crippen molar-refractivity contribution in [2.75, 3.05) is 6.73 Å². The van der Waals surface area contributed by atoms with Crippen LogP contribution in [-0.4, -0.2) is 28.9 Å². The van der Waals surface area contributed by atoms with E-state index in [-0.39, 0.29) is 17.1 Å². The van der Waals surface area contributed by atoms with E-state index < -0.39 is 6.73 Å². The first kappa shape index (κ1) is 14.1. The van der Waals surface area contributed by atoms with Crippen LogP contribution in [0.2, 0.25) is 0 Å². The highest BCUT2D eigenvalue weighted by atomic mass is 16.3. The normalized spacial score (nSPS) is 12.7. The Bertz CT molecular complexity index is 516. The number of hydrogen-bond acceptors (Lipinski definition) is 4. The Morgan fingerprint density at radius 1 is 1.39 bits per heavy atom. The summed E-state index contributed by atoms with van der Waals surface area (Å²) in [6, 6.07) is 5.61. The molecule has 18 heavy (non-hydrogen) atoms. The lowest BCUT2D eigenvalue weighted by molar-refractivity contribution is -0.113. The van der Waals surface area contributed by atoms with Crippen LogP contribution in [0, 0.1) is 13.8 Å². The van der Waals surface area contributed by atoms with Gasteiger partial charge in [0.1, 0.15) is 12.5 Å². The van der Waals surface area contributed by atoms with Crippen molar-refractivity contribution in [3.8, 4) is 0 Å². The van der Waals surface area contributed by atoms with Gasteiger partial charge in [0.05, 0.1) is 5.57 Å². The number of aryl methyl sites for hydroxylation is 2. The van der Waals surface area contributed by atoms with Crippen LogP contribution in [-0.2, 0) is 4.79 Å². The number of ketones is 1. The average molecular weight is 247 g/mol. The molecule has 0 radical (unpaired) electrons. The third kappa shape index (κ3) is 3.28. The first-order chi connectivity index (χ1) is 8.47. The van der Waals surface area contributed by atoms with E-state index in [0.29, 0.717) is 5.56 Å². The summed E-state index contributed by atoms with van der Waals surface area (Å²) in [7, 11) is 0. The number of benzene rings is 1. The molecule has 4 nitrogen and oxygen atoms in total. The predicted octanol–water partition coefficient (Wildman–Crippen LogP) is 2.18. The van der Waals surface area contributed by atoms with Gasteiger partial charge in [-0.1, -0.05) is 17.7 Å². The van der Waals surface area contributed by atoms with Crippen molar-refractivity contribution in [1.29, 1.82) is 0 Å². The molecule has 1 aromatic carbocycles. The van der Waals surface area contributed by atoms with Gasteiger partial charge >= 0.3 is 0 Å². The van der Waals surface area contributed by atoms with Crippen molar-refractivity contribution >= 4 is 17.8 Å². The van der Waals surface area contributed by atoms with Crippen LogP contribution < -0.4 is 0 Å². The second-order valence-electron chi connectivity index (χ2n) is 4.09. The highest BCUT2D eigenvalue weighted by molar-refractivity contribution is 6.17. The van der Waals surface area contributed by atoms with Gasteiger partial charge in [0.15, 0.2) is 5.78 Å². The predicted molar refractivity (Wildman–Crippen MR) is 71.7 cm³/mol. The van der Waals surface area contributed by atoms with Crippen LogP contribution >= 0.6 is 0 Å².